The molecule has 1 aliphatic carbocycles. The first kappa shape index (κ1) is 30.8. The molecule has 5 rings (SSSR count). The van der Waals surface area contributed by atoms with Crippen molar-refractivity contribution in [2.75, 3.05) is 19.0 Å². The monoisotopic (exact) mass is 666 g/mol. The maximum atomic E-state index is 7.22. The van der Waals surface area contributed by atoms with Gasteiger partial charge in [0.15, 0.2) is 5.71 Å². The standard InChI is InChI=1S/C36H44ClN2.HI/c1-34(2,3)26-22-24(18-20-31-35(4,5)27-14-10-12-16-29(27)38(31)8)33(37)25(23-26)19-21-32-36(6,7)28-15-11-13-17-30(28)39(32)9;/h10-21,26H,22-23H2,1-9H3;1H/q+1;/p-1. The molecule has 0 amide bonds. The zero-order valence-corrected chi connectivity index (χ0v) is 28.5. The number of hydrogen-bond acceptors (Lipinski definition) is 1. The Bertz CT molecular complexity index is 1480. The molecule has 40 heavy (non-hydrogen) atoms. The van der Waals surface area contributed by atoms with Crippen molar-refractivity contribution in [3.63, 3.8) is 0 Å². The van der Waals surface area contributed by atoms with Crippen LogP contribution in [0.25, 0.3) is 0 Å². The third kappa shape index (κ3) is 5.17. The summed E-state index contributed by atoms with van der Waals surface area (Å²) in [6, 6.07) is 17.5. The van der Waals surface area contributed by atoms with Crippen molar-refractivity contribution in [3.8, 4) is 0 Å². The summed E-state index contributed by atoms with van der Waals surface area (Å²) in [5.41, 5.74) is 10.5. The van der Waals surface area contributed by atoms with E-state index >= 15 is 0 Å². The zero-order chi connectivity index (χ0) is 28.3. The van der Waals surface area contributed by atoms with Gasteiger partial charge < -0.3 is 28.9 Å². The van der Waals surface area contributed by atoms with Crippen molar-refractivity contribution >= 4 is 28.7 Å². The minimum atomic E-state index is -0.0519. The van der Waals surface area contributed by atoms with Gasteiger partial charge in [-0.15, -0.1) is 0 Å². The van der Waals surface area contributed by atoms with E-state index in [9.17, 15) is 0 Å². The van der Waals surface area contributed by atoms with E-state index in [-0.39, 0.29) is 40.2 Å². The molecule has 0 N–H and O–H groups in total. The van der Waals surface area contributed by atoms with Crippen molar-refractivity contribution in [1.29, 1.82) is 0 Å². The Morgan fingerprint density at radius 1 is 0.875 bits per heavy atom. The summed E-state index contributed by atoms with van der Waals surface area (Å²) in [7, 11) is 4.36. The Morgan fingerprint density at radius 3 is 2.12 bits per heavy atom. The first-order valence-electron chi connectivity index (χ1n) is 14.3. The van der Waals surface area contributed by atoms with Gasteiger partial charge in [0, 0.05) is 46.6 Å². The highest BCUT2D eigenvalue weighted by atomic mass is 127. The van der Waals surface area contributed by atoms with Crippen molar-refractivity contribution in [1.82, 2.24) is 0 Å². The highest BCUT2D eigenvalue weighted by Crippen LogP contribution is 2.48. The van der Waals surface area contributed by atoms with Gasteiger partial charge in [-0.25, -0.2) is 0 Å². The van der Waals surface area contributed by atoms with Crippen molar-refractivity contribution in [3.05, 3.63) is 106 Å². The molecule has 2 nitrogen and oxygen atoms in total. The number of nitrogens with zero attached hydrogens (tertiary/aromatic N) is 2. The van der Waals surface area contributed by atoms with Crippen molar-refractivity contribution in [2.45, 2.75) is 72.1 Å². The molecule has 2 aromatic carbocycles. The number of halogens is 2. The molecular weight excluding hydrogens is 623 g/mol. The Morgan fingerprint density at radius 2 is 1.50 bits per heavy atom. The number of fused-ring (bicyclic) bond motifs is 2. The van der Waals surface area contributed by atoms with Gasteiger partial charge in [-0.3, -0.25) is 0 Å². The number of rotatable bonds is 3. The Hall–Kier alpha value is -2.11. The Kier molecular flexibility index (Phi) is 8.44. The van der Waals surface area contributed by atoms with Crippen LogP contribution in [-0.2, 0) is 10.8 Å². The summed E-state index contributed by atoms with van der Waals surface area (Å²) in [5, 5.41) is 0.913. The largest absolute Gasteiger partial charge is 1.00 e. The number of para-hydroxylation sites is 2. The predicted octanol–water partition coefficient (Wildman–Crippen LogP) is 6.44. The summed E-state index contributed by atoms with van der Waals surface area (Å²) in [6.07, 6.45) is 11.2. The summed E-state index contributed by atoms with van der Waals surface area (Å²) in [4.78, 5) is 2.33. The molecule has 0 aromatic heterocycles. The minimum absolute atomic E-state index is 0. The fourth-order valence-corrected chi connectivity index (χ4v) is 7.13. The van der Waals surface area contributed by atoms with Gasteiger partial charge in [0.05, 0.1) is 5.41 Å². The lowest BCUT2D eigenvalue weighted by Crippen LogP contribution is -3.00. The summed E-state index contributed by atoms with van der Waals surface area (Å²) >= 11 is 7.22. The lowest BCUT2D eigenvalue weighted by Gasteiger charge is -2.35. The van der Waals surface area contributed by atoms with Crippen LogP contribution in [0.4, 0.5) is 11.4 Å². The van der Waals surface area contributed by atoms with Crippen LogP contribution in [0.15, 0.2) is 94.7 Å². The van der Waals surface area contributed by atoms with Crippen LogP contribution in [0.2, 0.25) is 0 Å². The normalized spacial score (nSPS) is 23.8. The van der Waals surface area contributed by atoms with E-state index in [1.54, 1.807) is 0 Å². The number of allylic oxidation sites excluding steroid dienone is 8. The van der Waals surface area contributed by atoms with Gasteiger partial charge in [-0.1, -0.05) is 94.8 Å². The molecule has 4 heteroatoms. The maximum Gasteiger partial charge on any atom is 0.209 e. The number of likely N-dealkylation sites (N-methyl/N-ethyl adjacent to an activating group) is 1. The molecule has 212 valence electrons. The first-order chi connectivity index (χ1) is 18.2. The molecule has 0 saturated carbocycles. The van der Waals surface area contributed by atoms with E-state index in [1.807, 2.05) is 0 Å². The van der Waals surface area contributed by atoms with Gasteiger partial charge in [0.25, 0.3) is 0 Å². The fraction of sp³-hybridized carbons (Fsp3) is 0.417. The highest BCUT2D eigenvalue weighted by Gasteiger charge is 2.43. The van der Waals surface area contributed by atoms with Crippen LogP contribution in [0, 0.1) is 11.3 Å². The molecule has 2 aliphatic heterocycles. The number of benzene rings is 2. The molecule has 1 unspecified atom stereocenters. The van der Waals surface area contributed by atoms with Crippen molar-refractivity contribution < 1.29 is 28.6 Å². The van der Waals surface area contributed by atoms with Crippen LogP contribution in [-0.4, -0.2) is 24.4 Å². The van der Waals surface area contributed by atoms with E-state index in [2.05, 4.69) is 145 Å². The average molecular weight is 667 g/mol. The van der Waals surface area contributed by atoms with Crippen LogP contribution in [0.5, 0.6) is 0 Å². The summed E-state index contributed by atoms with van der Waals surface area (Å²) in [6.45, 7) is 16.4. The van der Waals surface area contributed by atoms with Gasteiger partial charge >= 0.3 is 0 Å². The molecule has 0 bridgehead atoms. The third-order valence-electron chi connectivity index (χ3n) is 9.49. The second kappa shape index (κ2) is 10.9. The second-order valence-electron chi connectivity index (χ2n) is 13.7. The molecule has 1 atom stereocenters. The number of hydrogen-bond donors (Lipinski definition) is 0. The molecular formula is C36H44ClIN2. The Labute approximate surface area is 264 Å². The van der Waals surface area contributed by atoms with E-state index in [0.717, 1.165) is 17.9 Å². The molecule has 0 radical (unpaired) electrons. The molecule has 2 aromatic rings. The first-order valence-corrected chi connectivity index (χ1v) is 14.6. The highest BCUT2D eigenvalue weighted by molar-refractivity contribution is 6.32. The lowest BCUT2D eigenvalue weighted by molar-refractivity contribution is -0.401. The maximum absolute atomic E-state index is 7.22. The van der Waals surface area contributed by atoms with Crippen LogP contribution >= 0.6 is 11.6 Å². The molecule has 3 aliphatic rings. The molecule has 0 fully saturated rings. The van der Waals surface area contributed by atoms with Gasteiger partial charge in [-0.2, -0.15) is 4.58 Å². The van der Waals surface area contributed by atoms with Crippen LogP contribution in [0.3, 0.4) is 0 Å². The third-order valence-corrected chi connectivity index (χ3v) is 9.97. The quantitative estimate of drug-likeness (QED) is 0.270. The SMILES string of the molecule is CN1/C(=C/C=C2\CC(C(C)(C)C)CC(/C=C/C3=[N+](C)c4ccccc4C3(C)C)=C2Cl)C(C)(C)c2ccccc21.[I-]. The van der Waals surface area contributed by atoms with Gasteiger partial charge in [-0.05, 0) is 66.9 Å². The van der Waals surface area contributed by atoms with Crippen LogP contribution < -0.4 is 28.9 Å². The van der Waals surface area contributed by atoms with Crippen molar-refractivity contribution in [2.24, 2.45) is 11.3 Å². The van der Waals surface area contributed by atoms with Crippen LogP contribution in [0.1, 0.15) is 72.4 Å². The second-order valence-corrected chi connectivity index (χ2v) is 14.1. The smallest absolute Gasteiger partial charge is 0.209 e. The summed E-state index contributed by atoms with van der Waals surface area (Å²) in [5.74, 6) is 0.521. The molecule has 2 heterocycles. The Balaban J connectivity index is 0.00000370. The fourth-order valence-electron chi connectivity index (χ4n) is 6.85. The van der Waals surface area contributed by atoms with E-state index < -0.39 is 0 Å². The van der Waals surface area contributed by atoms with Gasteiger partial charge in [0.2, 0.25) is 5.69 Å². The minimum Gasteiger partial charge on any atom is -1.00 e. The topological polar surface area (TPSA) is 6.25 Å². The predicted molar refractivity (Wildman–Crippen MR) is 169 cm³/mol. The molecule has 0 spiro atoms. The summed E-state index contributed by atoms with van der Waals surface area (Å²) < 4.78 is 2.33. The molecule has 0 saturated heterocycles. The van der Waals surface area contributed by atoms with E-state index in [0.29, 0.717) is 5.92 Å². The average Bonchev–Trinajstić information content (AvgIpc) is 3.20. The zero-order valence-electron chi connectivity index (χ0n) is 25.6. The van der Waals surface area contributed by atoms with E-state index in [1.165, 1.54) is 45.1 Å². The van der Waals surface area contributed by atoms with E-state index in [4.69, 9.17) is 11.6 Å². The lowest BCUT2D eigenvalue weighted by atomic mass is 9.70. The number of anilines is 1. The van der Waals surface area contributed by atoms with Gasteiger partial charge in [0.1, 0.15) is 7.05 Å².